The van der Waals surface area contributed by atoms with Gasteiger partial charge in [-0.2, -0.15) is 35.5 Å². The Hall–Kier alpha value is -6.74. The van der Waals surface area contributed by atoms with E-state index in [1.165, 1.54) is 41.0 Å². The number of aryl methyl sites for hydroxylation is 2. The van der Waals surface area contributed by atoms with Crippen molar-refractivity contribution in [2.75, 3.05) is 11.1 Å². The first kappa shape index (κ1) is 55.6. The van der Waals surface area contributed by atoms with Crippen LogP contribution in [0.15, 0.2) is 151 Å². The van der Waals surface area contributed by atoms with Crippen molar-refractivity contribution in [3.63, 3.8) is 0 Å². The van der Waals surface area contributed by atoms with Crippen LogP contribution in [0.3, 0.4) is 0 Å². The fourth-order valence-electron chi connectivity index (χ4n) is 5.56. The van der Waals surface area contributed by atoms with Gasteiger partial charge in [-0.15, -0.1) is 0 Å². The van der Waals surface area contributed by atoms with E-state index in [1.54, 1.807) is 24.3 Å². The molecule has 6 rings (SSSR count). The molecule has 0 aliphatic carbocycles. The molecule has 0 aliphatic heterocycles. The van der Waals surface area contributed by atoms with Gasteiger partial charge in [0.15, 0.2) is 5.96 Å². The molecule has 0 bridgehead atoms. The van der Waals surface area contributed by atoms with E-state index in [-0.39, 0.29) is 45.6 Å². The maximum Gasteiger partial charge on any atom is 1.00 e. The molecule has 21 nitrogen and oxygen atoms in total. The van der Waals surface area contributed by atoms with Crippen LogP contribution in [0.1, 0.15) is 33.4 Å². The Labute approximate surface area is 413 Å². The molecule has 0 atom stereocenters. The third kappa shape index (κ3) is 16.2. The number of hydrogen-bond donors (Lipinski definition) is 6. The zero-order valence-electron chi connectivity index (χ0n) is 36.7. The van der Waals surface area contributed by atoms with E-state index in [0.717, 1.165) is 53.4 Å². The van der Waals surface area contributed by atoms with Crippen molar-refractivity contribution in [3.05, 3.63) is 175 Å². The third-order valence-electron chi connectivity index (χ3n) is 9.41. The Morgan fingerprint density at radius 3 is 1.46 bits per heavy atom. The van der Waals surface area contributed by atoms with Crippen LogP contribution in [0.5, 0.6) is 0 Å². The van der Waals surface area contributed by atoms with E-state index in [1.807, 2.05) is 24.3 Å². The van der Waals surface area contributed by atoms with Gasteiger partial charge in [0, 0.05) is 35.6 Å². The van der Waals surface area contributed by atoms with Crippen LogP contribution in [0.25, 0.3) is 12.2 Å². The van der Waals surface area contributed by atoms with Crippen molar-refractivity contribution in [2.45, 2.75) is 42.4 Å². The maximum atomic E-state index is 11.5. The summed E-state index contributed by atoms with van der Waals surface area (Å²) in [4.78, 5) is 22.5. The van der Waals surface area contributed by atoms with Crippen LogP contribution in [-0.4, -0.2) is 54.7 Å². The first-order valence-electron chi connectivity index (χ1n) is 19.0. The quantitative estimate of drug-likeness (QED) is 0.00985. The summed E-state index contributed by atoms with van der Waals surface area (Å²) in [5.41, 5.74) is 18.3. The summed E-state index contributed by atoms with van der Waals surface area (Å²) >= 11 is 0. The molecule has 8 N–H and O–H groups in total. The van der Waals surface area contributed by atoms with Crippen LogP contribution >= 0.6 is 0 Å². The maximum absolute atomic E-state index is 11.5. The molecule has 0 fully saturated rings. The Bertz CT molecular complexity index is 3170. The molecule has 68 heavy (non-hydrogen) atoms. The number of nitro benzene ring substituents is 2. The Morgan fingerprint density at radius 1 is 0.603 bits per heavy atom. The Balaban J connectivity index is 0.000000275. The van der Waals surface area contributed by atoms with E-state index >= 15 is 0 Å². The van der Waals surface area contributed by atoms with Gasteiger partial charge in [-0.25, -0.2) is 4.99 Å². The largest absolute Gasteiger partial charge is 1.00 e. The van der Waals surface area contributed by atoms with Crippen LogP contribution in [-0.2, 0) is 30.4 Å². The Morgan fingerprint density at radius 2 is 1.03 bits per heavy atom. The number of guanidine groups is 1. The van der Waals surface area contributed by atoms with Crippen molar-refractivity contribution in [3.8, 4) is 0 Å². The van der Waals surface area contributed by atoms with Gasteiger partial charge in [0.1, 0.15) is 9.79 Å². The second kappa shape index (κ2) is 23.8. The average molecular weight is 998 g/mol. The van der Waals surface area contributed by atoms with Crippen molar-refractivity contribution in [1.82, 2.24) is 0 Å². The number of nitrogens with one attached hydrogen (secondary N) is 1. The molecule has 0 aliphatic rings. The number of nitro groups is 2. The zero-order valence-corrected chi connectivity index (χ0v) is 41.2. The molecule has 6 aromatic rings. The standard InChI is InChI=1S/C17H21N3.C14H10N2O10S2.C12H11N3O3S.Na/c1-11-7-5-9-15(13(11)3)19-17(18)20-16-10-6-8-12(2)14(16)4;17-15(18)11-5-3-9(13(7-11)27(21,22)23)1-2-10-4-6-12(16(19)20)8-14(10)28(24,25)26;13-9-1-3-10(4-2-9)14-15-11-5-7-12(8-6-11)19(16,17)18;/h5-10H,1-4H3,(H3,18,19,20);1-8H,(H,21,22,23)(H,24,25,26);1-8H,13H2,(H,16,17,18);/q;;;+1/b;2-1+;;. The number of hydrogen-bond acceptors (Lipinski definition) is 14. The molecule has 350 valence electrons. The fourth-order valence-corrected chi connectivity index (χ4v) is 7.44. The monoisotopic (exact) mass is 997 g/mol. The first-order valence-corrected chi connectivity index (χ1v) is 23.3. The van der Waals surface area contributed by atoms with Gasteiger partial charge in [-0.05, 0) is 134 Å². The van der Waals surface area contributed by atoms with Gasteiger partial charge in [0.2, 0.25) is 0 Å². The smallest absolute Gasteiger partial charge is 0.399 e. The van der Waals surface area contributed by atoms with Crippen molar-refractivity contribution >= 4 is 88.3 Å². The van der Waals surface area contributed by atoms with E-state index in [0.29, 0.717) is 35.2 Å². The molecule has 0 unspecified atom stereocenters. The van der Waals surface area contributed by atoms with Gasteiger partial charge in [-0.1, -0.05) is 36.4 Å². The predicted octanol–water partition coefficient (Wildman–Crippen LogP) is 6.08. The number of nitrogen functional groups attached to an aromatic ring is 1. The molecule has 0 aromatic heterocycles. The summed E-state index contributed by atoms with van der Waals surface area (Å²) in [5, 5.41) is 32.6. The molecule has 6 aromatic carbocycles. The van der Waals surface area contributed by atoms with Gasteiger partial charge in [0.05, 0.1) is 31.8 Å². The van der Waals surface area contributed by atoms with Crippen LogP contribution in [0.2, 0.25) is 0 Å². The van der Waals surface area contributed by atoms with Crippen LogP contribution in [0.4, 0.5) is 39.8 Å². The van der Waals surface area contributed by atoms with Gasteiger partial charge < -0.3 is 16.8 Å². The van der Waals surface area contributed by atoms with E-state index in [2.05, 4.69) is 60.4 Å². The third-order valence-corrected chi connectivity index (χ3v) is 12.1. The first-order chi connectivity index (χ1) is 31.2. The van der Waals surface area contributed by atoms with Gasteiger partial charge >= 0.3 is 29.6 Å². The predicted molar refractivity (Wildman–Crippen MR) is 253 cm³/mol. The number of rotatable bonds is 11. The van der Waals surface area contributed by atoms with Crippen LogP contribution in [0, 0.1) is 47.9 Å². The summed E-state index contributed by atoms with van der Waals surface area (Å²) in [6.45, 7) is 8.28. The second-order valence-electron chi connectivity index (χ2n) is 14.1. The number of nitrogens with two attached hydrogens (primary N) is 2. The van der Waals surface area contributed by atoms with E-state index in [4.69, 9.17) is 16.0 Å². The minimum absolute atomic E-state index is 0. The summed E-state index contributed by atoms with van der Waals surface area (Å²) in [6, 6.07) is 29.5. The molecule has 0 heterocycles. The zero-order chi connectivity index (χ0) is 49.9. The van der Waals surface area contributed by atoms with Gasteiger partial charge in [-0.3, -0.25) is 33.9 Å². The average Bonchev–Trinajstić information content (AvgIpc) is 3.25. The number of nitrogens with zero attached hydrogens (tertiary/aromatic N) is 5. The molecular formula is C43H42N8NaO13S3+. The number of non-ortho nitro benzene ring substituents is 2. The van der Waals surface area contributed by atoms with Crippen molar-refractivity contribution in [1.29, 1.82) is 0 Å². The number of benzene rings is 6. The van der Waals surface area contributed by atoms with Crippen molar-refractivity contribution in [2.24, 2.45) is 21.0 Å². The topological polar surface area (TPSA) is 351 Å². The molecule has 0 saturated carbocycles. The summed E-state index contributed by atoms with van der Waals surface area (Å²) < 4.78 is 94.9. The summed E-state index contributed by atoms with van der Waals surface area (Å²) in [5.74, 6) is 0.410. The SMILES string of the molecule is Cc1cccc(N=C(N)Nc2cccc(C)c2C)c1C.Nc1ccc(N=Nc2ccc(S(=O)(=O)O)cc2)cc1.O=[N+]([O-])c1ccc(/C=C/c2ccc([N+](=O)[O-])cc2S(=O)(=O)O)c(S(=O)(=O)O)c1.[Na+]. The Kier molecular flexibility index (Phi) is 19.5. The number of azo groups is 1. The minimum Gasteiger partial charge on any atom is -0.399 e. The minimum atomic E-state index is -4.86. The molecule has 25 heteroatoms. The van der Waals surface area contributed by atoms with E-state index in [9.17, 15) is 54.6 Å². The van der Waals surface area contributed by atoms with E-state index < -0.39 is 61.4 Å². The summed E-state index contributed by atoms with van der Waals surface area (Å²) in [6.07, 6.45) is 2.01. The normalized spacial score (nSPS) is 11.7. The van der Waals surface area contributed by atoms with Gasteiger partial charge in [0.25, 0.3) is 41.7 Å². The van der Waals surface area contributed by atoms with Crippen LogP contribution < -0.4 is 46.3 Å². The summed E-state index contributed by atoms with van der Waals surface area (Å²) in [7, 11) is -13.9. The number of aliphatic imine (C=N–C) groups is 1. The molecular weight excluding hydrogens is 956 g/mol. The molecule has 0 spiro atoms. The molecule has 0 amide bonds. The molecule has 0 saturated heterocycles. The number of anilines is 2. The molecule has 0 radical (unpaired) electrons. The fraction of sp³-hybridized carbons (Fsp3) is 0.0930. The van der Waals surface area contributed by atoms with Crippen molar-refractivity contribution < 1.29 is 78.3 Å². The second-order valence-corrected chi connectivity index (χ2v) is 18.3.